The van der Waals surface area contributed by atoms with Crippen LogP contribution in [0, 0.1) is 6.92 Å². The summed E-state index contributed by atoms with van der Waals surface area (Å²) in [6.07, 6.45) is 4.06. The molecule has 0 spiro atoms. The summed E-state index contributed by atoms with van der Waals surface area (Å²) >= 11 is 0. The number of rotatable bonds is 4. The molecule has 1 fully saturated rings. The van der Waals surface area contributed by atoms with Crippen LogP contribution < -0.4 is 5.32 Å². The van der Waals surface area contributed by atoms with Crippen molar-refractivity contribution in [1.82, 2.24) is 10.3 Å². The van der Waals surface area contributed by atoms with Crippen molar-refractivity contribution in [2.24, 2.45) is 0 Å². The Hall–Kier alpha value is -0.890. The highest BCUT2D eigenvalue weighted by Gasteiger charge is 2.16. The Morgan fingerprint density at radius 2 is 2.12 bits per heavy atom. The zero-order chi connectivity index (χ0) is 11.5. The van der Waals surface area contributed by atoms with Gasteiger partial charge in [-0.3, -0.25) is 4.98 Å². The van der Waals surface area contributed by atoms with Crippen LogP contribution in [0.25, 0.3) is 0 Å². The molecule has 1 aliphatic carbocycles. The zero-order valence-electron chi connectivity index (χ0n) is 10.6. The summed E-state index contributed by atoms with van der Waals surface area (Å²) in [5.41, 5.74) is 3.73. The lowest BCUT2D eigenvalue weighted by atomic mass is 9.93. The lowest BCUT2D eigenvalue weighted by Crippen LogP contribution is -2.34. The smallest absolute Gasteiger partial charge is 0.0545 e. The fraction of sp³-hybridized carbons (Fsp3) is 0.643. The summed E-state index contributed by atoms with van der Waals surface area (Å²) in [6, 6.07) is 5.08. The van der Waals surface area contributed by atoms with Gasteiger partial charge in [-0.05, 0) is 37.3 Å². The van der Waals surface area contributed by atoms with E-state index in [-0.39, 0.29) is 0 Å². The minimum atomic E-state index is 0.517. The van der Waals surface area contributed by atoms with Crippen molar-refractivity contribution in [3.63, 3.8) is 0 Å². The average molecular weight is 218 g/mol. The third-order valence-corrected chi connectivity index (χ3v) is 3.42. The number of nitrogens with one attached hydrogen (secondary N) is 1. The minimum Gasteiger partial charge on any atom is -0.308 e. The fourth-order valence-electron chi connectivity index (χ4n) is 2.13. The second-order valence-electron chi connectivity index (χ2n) is 5.17. The van der Waals surface area contributed by atoms with E-state index in [1.54, 1.807) is 0 Å². The van der Waals surface area contributed by atoms with Gasteiger partial charge in [-0.15, -0.1) is 0 Å². The van der Waals surface area contributed by atoms with Gasteiger partial charge in [-0.2, -0.15) is 0 Å². The number of pyridine rings is 1. The van der Waals surface area contributed by atoms with Gasteiger partial charge in [-0.25, -0.2) is 0 Å². The van der Waals surface area contributed by atoms with E-state index in [2.05, 4.69) is 38.2 Å². The molecule has 0 saturated heterocycles. The Balaban J connectivity index is 2.00. The van der Waals surface area contributed by atoms with Crippen LogP contribution in [0.2, 0.25) is 0 Å². The first-order valence-corrected chi connectivity index (χ1v) is 6.36. The monoisotopic (exact) mass is 218 g/mol. The highest BCUT2D eigenvalue weighted by molar-refractivity contribution is 5.24. The number of nitrogens with zero attached hydrogens (tertiary/aromatic N) is 1. The van der Waals surface area contributed by atoms with Crippen molar-refractivity contribution >= 4 is 0 Å². The van der Waals surface area contributed by atoms with Crippen LogP contribution in [-0.2, 0) is 6.54 Å². The molecule has 1 aliphatic rings. The number of hydrogen-bond acceptors (Lipinski definition) is 2. The number of aromatic nitrogens is 1. The van der Waals surface area contributed by atoms with Crippen LogP contribution in [0.15, 0.2) is 12.1 Å². The van der Waals surface area contributed by atoms with Crippen LogP contribution in [0.3, 0.4) is 0 Å². The quantitative estimate of drug-likeness (QED) is 0.839. The fourth-order valence-corrected chi connectivity index (χ4v) is 2.13. The lowest BCUT2D eigenvalue weighted by Gasteiger charge is -2.26. The van der Waals surface area contributed by atoms with Gasteiger partial charge >= 0.3 is 0 Å². The first-order valence-electron chi connectivity index (χ1n) is 6.36. The van der Waals surface area contributed by atoms with Crippen molar-refractivity contribution in [3.05, 3.63) is 29.1 Å². The van der Waals surface area contributed by atoms with Crippen LogP contribution >= 0.6 is 0 Å². The molecule has 2 heteroatoms. The van der Waals surface area contributed by atoms with E-state index in [1.807, 2.05) is 0 Å². The first-order chi connectivity index (χ1) is 7.66. The maximum Gasteiger partial charge on any atom is 0.0545 e. The SMILES string of the molecule is Cc1ccc(CNC2CCC2)nc1C(C)C. The Labute approximate surface area is 98.5 Å². The van der Waals surface area contributed by atoms with Crippen molar-refractivity contribution in [2.45, 2.75) is 58.5 Å². The second-order valence-corrected chi connectivity index (χ2v) is 5.17. The minimum absolute atomic E-state index is 0.517. The van der Waals surface area contributed by atoms with Gasteiger partial charge in [0.2, 0.25) is 0 Å². The molecule has 1 aromatic rings. The molecular weight excluding hydrogens is 196 g/mol. The van der Waals surface area contributed by atoms with E-state index in [4.69, 9.17) is 4.98 Å². The predicted octanol–water partition coefficient (Wildman–Crippen LogP) is 3.16. The molecule has 16 heavy (non-hydrogen) atoms. The first kappa shape index (κ1) is 11.6. The molecule has 0 radical (unpaired) electrons. The molecule has 2 rings (SSSR count). The van der Waals surface area contributed by atoms with Gasteiger partial charge in [0.05, 0.1) is 5.69 Å². The van der Waals surface area contributed by atoms with Gasteiger partial charge in [0.15, 0.2) is 0 Å². The average Bonchev–Trinajstić information content (AvgIpc) is 2.17. The molecule has 0 amide bonds. The lowest BCUT2D eigenvalue weighted by molar-refractivity contribution is 0.337. The third kappa shape index (κ3) is 2.62. The van der Waals surface area contributed by atoms with Crippen molar-refractivity contribution in [3.8, 4) is 0 Å². The molecule has 1 N–H and O–H groups in total. The van der Waals surface area contributed by atoms with Crippen LogP contribution in [0.4, 0.5) is 0 Å². The molecule has 1 saturated carbocycles. The number of aryl methyl sites for hydroxylation is 1. The Kier molecular flexibility index (Phi) is 3.59. The summed E-state index contributed by atoms with van der Waals surface area (Å²) in [6.45, 7) is 7.48. The normalized spacial score (nSPS) is 16.5. The van der Waals surface area contributed by atoms with Gasteiger partial charge in [0, 0.05) is 18.3 Å². The molecule has 0 bridgehead atoms. The highest BCUT2D eigenvalue weighted by Crippen LogP contribution is 2.19. The van der Waals surface area contributed by atoms with E-state index >= 15 is 0 Å². The highest BCUT2D eigenvalue weighted by atomic mass is 14.9. The molecule has 0 atom stereocenters. The van der Waals surface area contributed by atoms with E-state index in [9.17, 15) is 0 Å². The van der Waals surface area contributed by atoms with Crippen molar-refractivity contribution < 1.29 is 0 Å². The molecule has 0 aromatic carbocycles. The zero-order valence-corrected chi connectivity index (χ0v) is 10.6. The summed E-state index contributed by atoms with van der Waals surface area (Å²) in [5, 5.41) is 3.56. The summed E-state index contributed by atoms with van der Waals surface area (Å²) in [4.78, 5) is 4.74. The van der Waals surface area contributed by atoms with Gasteiger partial charge in [-0.1, -0.05) is 26.3 Å². The van der Waals surface area contributed by atoms with Gasteiger partial charge in [0.1, 0.15) is 0 Å². The molecule has 0 unspecified atom stereocenters. The second kappa shape index (κ2) is 4.96. The molecule has 88 valence electrons. The molecule has 0 aliphatic heterocycles. The Morgan fingerprint density at radius 1 is 1.38 bits per heavy atom. The van der Waals surface area contributed by atoms with Crippen LogP contribution in [0.1, 0.15) is 56.0 Å². The van der Waals surface area contributed by atoms with Crippen molar-refractivity contribution in [2.75, 3.05) is 0 Å². The topological polar surface area (TPSA) is 24.9 Å². The van der Waals surface area contributed by atoms with E-state index in [1.165, 1.54) is 36.2 Å². The van der Waals surface area contributed by atoms with Crippen LogP contribution in [-0.4, -0.2) is 11.0 Å². The van der Waals surface area contributed by atoms with E-state index < -0.39 is 0 Å². The summed E-state index contributed by atoms with van der Waals surface area (Å²) < 4.78 is 0. The van der Waals surface area contributed by atoms with Gasteiger partial charge in [0.25, 0.3) is 0 Å². The Bertz CT molecular complexity index is 354. The molecule has 1 heterocycles. The molecule has 1 aromatic heterocycles. The maximum atomic E-state index is 4.74. The maximum absolute atomic E-state index is 4.74. The standard InChI is InChI=1S/C14H22N2/c1-10(2)14-11(3)7-8-13(16-14)9-15-12-5-4-6-12/h7-8,10,12,15H,4-6,9H2,1-3H3. The van der Waals surface area contributed by atoms with Crippen LogP contribution in [0.5, 0.6) is 0 Å². The summed E-state index contributed by atoms with van der Waals surface area (Å²) in [7, 11) is 0. The Morgan fingerprint density at radius 3 is 2.69 bits per heavy atom. The summed E-state index contributed by atoms with van der Waals surface area (Å²) in [5.74, 6) is 0.517. The predicted molar refractivity (Wildman–Crippen MR) is 67.5 cm³/mol. The largest absolute Gasteiger partial charge is 0.308 e. The third-order valence-electron chi connectivity index (χ3n) is 3.42. The van der Waals surface area contributed by atoms with E-state index in [0.717, 1.165) is 12.6 Å². The van der Waals surface area contributed by atoms with Crippen molar-refractivity contribution in [1.29, 1.82) is 0 Å². The number of hydrogen-bond donors (Lipinski definition) is 1. The van der Waals surface area contributed by atoms with Gasteiger partial charge < -0.3 is 5.32 Å². The van der Waals surface area contributed by atoms with E-state index in [0.29, 0.717) is 5.92 Å². The molecular formula is C14H22N2. The molecule has 2 nitrogen and oxygen atoms in total.